The Bertz CT molecular complexity index is 442. The molecular formula is C11H10BrFN2O. The van der Waals surface area contributed by atoms with Gasteiger partial charge in [-0.15, -0.1) is 0 Å². The number of hydrogen-bond donors (Lipinski definition) is 1. The molecule has 0 radical (unpaired) electrons. The second-order valence-corrected chi connectivity index (χ2v) is 4.12. The Balaban J connectivity index is 2.85. The molecule has 0 aliphatic heterocycles. The summed E-state index contributed by atoms with van der Waals surface area (Å²) >= 11 is 3.17. The summed E-state index contributed by atoms with van der Waals surface area (Å²) in [4.78, 5) is 11.5. The zero-order chi connectivity index (χ0) is 12.1. The van der Waals surface area contributed by atoms with Gasteiger partial charge in [0.1, 0.15) is 11.7 Å². The number of rotatable bonds is 3. The summed E-state index contributed by atoms with van der Waals surface area (Å²) in [5.41, 5.74) is 0.0769. The van der Waals surface area contributed by atoms with E-state index in [1.807, 2.05) is 6.07 Å². The number of nitrogens with zero attached hydrogens (tertiary/aromatic N) is 1. The Kier molecular flexibility index (Phi) is 4.44. The molecule has 0 bridgehead atoms. The Morgan fingerprint density at radius 2 is 2.38 bits per heavy atom. The van der Waals surface area contributed by atoms with Gasteiger partial charge in [-0.1, -0.05) is 22.9 Å². The molecule has 0 fully saturated rings. The average Bonchev–Trinajstić information content (AvgIpc) is 2.25. The van der Waals surface area contributed by atoms with Crippen molar-refractivity contribution < 1.29 is 9.18 Å². The highest BCUT2D eigenvalue weighted by atomic mass is 79.9. The largest absolute Gasteiger partial charge is 0.322 e. The van der Waals surface area contributed by atoms with E-state index in [0.717, 1.165) is 0 Å². The second-order valence-electron chi connectivity index (χ2n) is 3.20. The second kappa shape index (κ2) is 5.61. The minimum Gasteiger partial charge on any atom is -0.322 e. The van der Waals surface area contributed by atoms with Crippen molar-refractivity contribution in [3.05, 3.63) is 28.5 Å². The topological polar surface area (TPSA) is 52.9 Å². The van der Waals surface area contributed by atoms with E-state index in [-0.39, 0.29) is 5.69 Å². The van der Waals surface area contributed by atoms with Crippen molar-refractivity contribution in [3.8, 4) is 6.07 Å². The predicted molar refractivity (Wildman–Crippen MR) is 62.1 cm³/mol. The fraction of sp³-hybridized carbons (Fsp3) is 0.273. The highest BCUT2D eigenvalue weighted by Gasteiger charge is 2.16. The molecule has 0 saturated carbocycles. The number of carbonyl (C=O) groups excluding carboxylic acids is 1. The third-order valence-corrected chi connectivity index (χ3v) is 2.56. The van der Waals surface area contributed by atoms with Crippen molar-refractivity contribution in [2.75, 3.05) is 5.32 Å². The molecule has 1 atom stereocenters. The van der Waals surface area contributed by atoms with E-state index in [1.165, 1.54) is 18.2 Å². The van der Waals surface area contributed by atoms with Gasteiger partial charge in [0.2, 0.25) is 5.91 Å². The van der Waals surface area contributed by atoms with Crippen LogP contribution in [-0.2, 0) is 4.79 Å². The lowest BCUT2D eigenvalue weighted by molar-refractivity contribution is -0.118. The predicted octanol–water partition coefficient (Wildman–Crippen LogP) is 3.08. The number of nitriles is 1. The van der Waals surface area contributed by atoms with E-state index in [1.54, 1.807) is 6.92 Å². The van der Waals surface area contributed by atoms with Gasteiger partial charge in [0.15, 0.2) is 0 Å². The molecule has 16 heavy (non-hydrogen) atoms. The highest BCUT2D eigenvalue weighted by molar-refractivity contribution is 9.10. The van der Waals surface area contributed by atoms with Crippen LogP contribution in [0.5, 0.6) is 0 Å². The lowest BCUT2D eigenvalue weighted by Crippen LogP contribution is -2.21. The monoisotopic (exact) mass is 284 g/mol. The van der Waals surface area contributed by atoms with Crippen LogP contribution < -0.4 is 5.32 Å². The van der Waals surface area contributed by atoms with E-state index in [4.69, 9.17) is 5.26 Å². The molecular weight excluding hydrogens is 275 g/mol. The van der Waals surface area contributed by atoms with Gasteiger partial charge in [-0.2, -0.15) is 5.26 Å². The maximum Gasteiger partial charge on any atom is 0.241 e. The summed E-state index contributed by atoms with van der Waals surface area (Å²) in [5, 5.41) is 11.1. The van der Waals surface area contributed by atoms with Gasteiger partial charge in [0.25, 0.3) is 0 Å². The molecule has 84 valence electrons. The number of hydrogen-bond acceptors (Lipinski definition) is 2. The third-order valence-electron chi connectivity index (χ3n) is 2.07. The maximum absolute atomic E-state index is 13.3. The van der Waals surface area contributed by atoms with E-state index >= 15 is 0 Å². The number of nitrogens with one attached hydrogen (secondary N) is 1. The molecule has 1 aromatic rings. The maximum atomic E-state index is 13.3. The number of benzene rings is 1. The van der Waals surface area contributed by atoms with E-state index in [0.29, 0.717) is 10.9 Å². The molecule has 1 N–H and O–H groups in total. The molecule has 1 amide bonds. The Labute approximate surface area is 101 Å². The van der Waals surface area contributed by atoms with Crippen LogP contribution in [0.2, 0.25) is 0 Å². The summed E-state index contributed by atoms with van der Waals surface area (Å²) in [6.07, 6.45) is 0.401. The quantitative estimate of drug-likeness (QED) is 0.927. The first-order valence-corrected chi connectivity index (χ1v) is 5.53. The number of amides is 1. The SMILES string of the molecule is CCC(C#N)C(=O)Nc1cc(Br)ccc1F. The molecule has 0 aromatic heterocycles. The zero-order valence-corrected chi connectivity index (χ0v) is 10.2. The van der Waals surface area contributed by atoms with Gasteiger partial charge in [-0.3, -0.25) is 4.79 Å². The van der Waals surface area contributed by atoms with Gasteiger partial charge in [0.05, 0.1) is 11.8 Å². The smallest absolute Gasteiger partial charge is 0.241 e. The lowest BCUT2D eigenvalue weighted by atomic mass is 10.1. The summed E-state index contributed by atoms with van der Waals surface area (Å²) in [6, 6.07) is 6.09. The Hall–Kier alpha value is -1.41. The standard InChI is InChI=1S/C11H10BrFN2O/c1-2-7(6-14)11(16)15-10-5-8(12)3-4-9(10)13/h3-5,7H,2H2,1H3,(H,15,16). The van der Waals surface area contributed by atoms with E-state index in [2.05, 4.69) is 21.2 Å². The molecule has 5 heteroatoms. The van der Waals surface area contributed by atoms with E-state index in [9.17, 15) is 9.18 Å². The first-order chi connectivity index (χ1) is 7.58. The van der Waals surface area contributed by atoms with Crippen molar-refractivity contribution in [1.82, 2.24) is 0 Å². The van der Waals surface area contributed by atoms with Crippen molar-refractivity contribution in [1.29, 1.82) is 5.26 Å². The Morgan fingerprint density at radius 3 is 2.94 bits per heavy atom. The summed E-state index contributed by atoms with van der Waals surface area (Å²) in [7, 11) is 0. The molecule has 0 saturated heterocycles. The van der Waals surface area contributed by atoms with E-state index < -0.39 is 17.6 Å². The molecule has 0 spiro atoms. The van der Waals surface area contributed by atoms with Crippen LogP contribution in [-0.4, -0.2) is 5.91 Å². The van der Waals surface area contributed by atoms with Gasteiger partial charge >= 0.3 is 0 Å². The van der Waals surface area contributed by atoms with Crippen molar-refractivity contribution in [2.45, 2.75) is 13.3 Å². The fourth-order valence-corrected chi connectivity index (χ4v) is 1.51. The minimum atomic E-state index is -0.751. The van der Waals surface area contributed by atoms with Crippen LogP contribution >= 0.6 is 15.9 Å². The third kappa shape index (κ3) is 3.04. The normalized spacial score (nSPS) is 11.6. The summed E-state index contributed by atoms with van der Waals surface area (Å²) < 4.78 is 13.9. The van der Waals surface area contributed by atoms with Crippen LogP contribution in [0.25, 0.3) is 0 Å². The van der Waals surface area contributed by atoms with Crippen LogP contribution in [0.4, 0.5) is 10.1 Å². The van der Waals surface area contributed by atoms with Gasteiger partial charge in [-0.25, -0.2) is 4.39 Å². The Morgan fingerprint density at radius 1 is 1.69 bits per heavy atom. The molecule has 0 aliphatic rings. The summed E-state index contributed by atoms with van der Waals surface area (Å²) in [6.45, 7) is 1.73. The fourth-order valence-electron chi connectivity index (χ4n) is 1.15. The molecule has 0 heterocycles. The number of halogens is 2. The van der Waals surface area contributed by atoms with Gasteiger partial charge in [0, 0.05) is 4.47 Å². The zero-order valence-electron chi connectivity index (χ0n) is 8.63. The van der Waals surface area contributed by atoms with Crippen LogP contribution in [0, 0.1) is 23.1 Å². The van der Waals surface area contributed by atoms with Gasteiger partial charge in [-0.05, 0) is 24.6 Å². The van der Waals surface area contributed by atoms with Crippen molar-refractivity contribution in [2.24, 2.45) is 5.92 Å². The molecule has 3 nitrogen and oxygen atoms in total. The molecule has 0 aliphatic carbocycles. The first kappa shape index (κ1) is 12.7. The van der Waals surface area contributed by atoms with Crippen LogP contribution in [0.3, 0.4) is 0 Å². The van der Waals surface area contributed by atoms with Crippen molar-refractivity contribution in [3.63, 3.8) is 0 Å². The van der Waals surface area contributed by atoms with Crippen molar-refractivity contribution >= 4 is 27.5 Å². The van der Waals surface area contributed by atoms with Gasteiger partial charge < -0.3 is 5.32 Å². The number of anilines is 1. The average molecular weight is 285 g/mol. The van der Waals surface area contributed by atoms with Crippen LogP contribution in [0.1, 0.15) is 13.3 Å². The lowest BCUT2D eigenvalue weighted by Gasteiger charge is -2.09. The molecule has 1 rings (SSSR count). The minimum absolute atomic E-state index is 0.0769. The highest BCUT2D eigenvalue weighted by Crippen LogP contribution is 2.20. The first-order valence-electron chi connectivity index (χ1n) is 4.74. The number of carbonyl (C=O) groups is 1. The summed E-state index contributed by atoms with van der Waals surface area (Å²) in [5.74, 6) is -1.76. The van der Waals surface area contributed by atoms with Crippen LogP contribution in [0.15, 0.2) is 22.7 Å². The molecule has 1 aromatic carbocycles. The molecule has 1 unspecified atom stereocenters.